The van der Waals surface area contributed by atoms with E-state index in [0.29, 0.717) is 42.6 Å². The third kappa shape index (κ3) is 15.1. The summed E-state index contributed by atoms with van der Waals surface area (Å²) in [5.41, 5.74) is 1.46. The van der Waals surface area contributed by atoms with Crippen LogP contribution in [0, 0.1) is 29.3 Å². The summed E-state index contributed by atoms with van der Waals surface area (Å²) < 4.78 is 42.5. The molecule has 0 radical (unpaired) electrons. The van der Waals surface area contributed by atoms with Crippen LogP contribution >= 0.6 is 0 Å². The molecule has 0 fully saturated rings. The van der Waals surface area contributed by atoms with Crippen molar-refractivity contribution in [3.05, 3.63) is 107 Å². The van der Waals surface area contributed by atoms with Crippen molar-refractivity contribution in [2.75, 3.05) is 6.61 Å². The van der Waals surface area contributed by atoms with Crippen LogP contribution in [0.3, 0.4) is 0 Å². The topological polar surface area (TPSA) is 115 Å². The molecule has 7 nitrogen and oxygen atoms in total. The Kier molecular flexibility index (Phi) is 17.4. The molecule has 0 aromatic heterocycles. The lowest BCUT2D eigenvalue weighted by Gasteiger charge is -2.09. The second-order valence-corrected chi connectivity index (χ2v) is 10.1. The number of esters is 1. The molecular formula is C35H39F3O7. The van der Waals surface area contributed by atoms with Gasteiger partial charge >= 0.3 is 11.9 Å². The van der Waals surface area contributed by atoms with E-state index >= 15 is 0 Å². The highest BCUT2D eigenvalue weighted by Gasteiger charge is 2.17. The number of carboxylic acids is 1. The summed E-state index contributed by atoms with van der Waals surface area (Å²) >= 11 is 0. The average molecular weight is 629 g/mol. The lowest BCUT2D eigenvalue weighted by molar-refractivity contribution is -0.143. The molecule has 0 aliphatic rings. The van der Waals surface area contributed by atoms with Crippen molar-refractivity contribution in [3.8, 4) is 0 Å². The Morgan fingerprint density at radius 1 is 0.622 bits per heavy atom. The van der Waals surface area contributed by atoms with Crippen LogP contribution in [0.5, 0.6) is 0 Å². The molecule has 10 heteroatoms. The van der Waals surface area contributed by atoms with Crippen LogP contribution in [0.2, 0.25) is 0 Å². The van der Waals surface area contributed by atoms with Gasteiger partial charge in [-0.3, -0.25) is 24.0 Å². The summed E-state index contributed by atoms with van der Waals surface area (Å²) in [5.74, 6) is -3.11. The van der Waals surface area contributed by atoms with Crippen molar-refractivity contribution in [2.24, 2.45) is 11.8 Å². The van der Waals surface area contributed by atoms with E-state index in [2.05, 4.69) is 0 Å². The second kappa shape index (κ2) is 20.4. The summed E-state index contributed by atoms with van der Waals surface area (Å²) in [4.78, 5) is 56.2. The maximum absolute atomic E-state index is 12.7. The molecule has 242 valence electrons. The van der Waals surface area contributed by atoms with Crippen molar-refractivity contribution >= 4 is 29.3 Å². The van der Waals surface area contributed by atoms with Gasteiger partial charge in [0.25, 0.3) is 0 Å². The maximum Gasteiger partial charge on any atom is 0.305 e. The number of ether oxygens (including phenoxy) is 1. The molecule has 0 saturated carbocycles. The van der Waals surface area contributed by atoms with Gasteiger partial charge < -0.3 is 9.84 Å². The van der Waals surface area contributed by atoms with Gasteiger partial charge in [0.1, 0.15) is 17.5 Å². The number of hydrogen-bond donors (Lipinski definition) is 1. The third-order valence-corrected chi connectivity index (χ3v) is 6.52. The molecule has 45 heavy (non-hydrogen) atoms. The Balaban J connectivity index is 0.000000347. The van der Waals surface area contributed by atoms with Gasteiger partial charge in [0.2, 0.25) is 0 Å². The number of hydrogen-bond acceptors (Lipinski definition) is 6. The summed E-state index contributed by atoms with van der Waals surface area (Å²) in [6, 6.07) is 16.3. The van der Waals surface area contributed by atoms with Crippen LogP contribution in [0.15, 0.2) is 72.8 Å². The predicted octanol–water partition coefficient (Wildman–Crippen LogP) is 7.92. The van der Waals surface area contributed by atoms with Gasteiger partial charge in [-0.25, -0.2) is 13.2 Å². The molecule has 2 atom stereocenters. The van der Waals surface area contributed by atoms with Gasteiger partial charge in [0, 0.05) is 47.8 Å². The van der Waals surface area contributed by atoms with Crippen molar-refractivity contribution in [3.63, 3.8) is 0 Å². The lowest BCUT2D eigenvalue weighted by Crippen LogP contribution is -2.14. The molecule has 0 aliphatic heterocycles. The first-order chi connectivity index (χ1) is 21.3. The first-order valence-corrected chi connectivity index (χ1v) is 14.5. The first-order valence-electron chi connectivity index (χ1n) is 14.5. The van der Waals surface area contributed by atoms with Crippen molar-refractivity contribution < 1.29 is 47.0 Å². The molecule has 1 N–H and O–H groups in total. The van der Waals surface area contributed by atoms with Gasteiger partial charge in [-0.15, -0.1) is 0 Å². The number of carbonyl (C=O) groups excluding carboxylic acids is 4. The van der Waals surface area contributed by atoms with Crippen molar-refractivity contribution in [1.82, 2.24) is 0 Å². The highest BCUT2D eigenvalue weighted by Crippen LogP contribution is 2.16. The van der Waals surface area contributed by atoms with Crippen LogP contribution < -0.4 is 0 Å². The van der Waals surface area contributed by atoms with Gasteiger partial charge in [-0.1, -0.05) is 20.8 Å². The minimum Gasteiger partial charge on any atom is -0.481 e. The molecule has 3 aromatic carbocycles. The second-order valence-electron chi connectivity index (χ2n) is 10.1. The highest BCUT2D eigenvalue weighted by molar-refractivity contribution is 5.98. The molecule has 3 aromatic rings. The Morgan fingerprint density at radius 2 is 0.978 bits per heavy atom. The van der Waals surface area contributed by atoms with Crippen LogP contribution in [0.25, 0.3) is 0 Å². The number of halogens is 3. The van der Waals surface area contributed by atoms with Gasteiger partial charge in [-0.2, -0.15) is 0 Å². The predicted molar refractivity (Wildman–Crippen MR) is 164 cm³/mol. The van der Waals surface area contributed by atoms with Gasteiger partial charge in [0.05, 0.1) is 6.61 Å². The Labute approximate surface area is 261 Å². The minimum atomic E-state index is -0.918. The Morgan fingerprint density at radius 3 is 1.31 bits per heavy atom. The SMILES string of the molecule is CC(CCC(=O)O)C(=O)c1ccc(F)cc1.CCC(=O)c1ccc(F)cc1.CCOC(=O)CCC(C)C(=O)c1ccc(F)cc1. The first kappa shape index (κ1) is 38.4. The van der Waals surface area contributed by atoms with E-state index in [1.807, 2.05) is 0 Å². The number of rotatable bonds is 13. The van der Waals surface area contributed by atoms with E-state index in [0.717, 1.165) is 0 Å². The van der Waals surface area contributed by atoms with Crippen LogP contribution in [-0.4, -0.2) is 41.0 Å². The van der Waals surface area contributed by atoms with E-state index in [1.54, 1.807) is 27.7 Å². The van der Waals surface area contributed by atoms with Crippen molar-refractivity contribution in [2.45, 2.75) is 59.8 Å². The molecule has 0 heterocycles. The number of Topliss-reactive ketones (excluding diaryl/α,β-unsaturated/α-hetero) is 3. The largest absolute Gasteiger partial charge is 0.481 e. The zero-order valence-corrected chi connectivity index (χ0v) is 25.9. The zero-order valence-electron chi connectivity index (χ0n) is 25.9. The minimum absolute atomic E-state index is 0.0336. The molecule has 3 rings (SSSR count). The fourth-order valence-electron chi connectivity index (χ4n) is 3.81. The number of aliphatic carboxylic acids is 1. The van der Waals surface area contributed by atoms with E-state index in [9.17, 15) is 37.1 Å². The number of ketones is 3. The van der Waals surface area contributed by atoms with E-state index in [1.165, 1.54) is 72.8 Å². The zero-order chi connectivity index (χ0) is 33.9. The molecule has 2 unspecified atom stereocenters. The normalized spacial score (nSPS) is 11.4. The van der Waals surface area contributed by atoms with E-state index in [-0.39, 0.29) is 59.6 Å². The number of carbonyl (C=O) groups is 5. The van der Waals surface area contributed by atoms with Crippen molar-refractivity contribution in [1.29, 1.82) is 0 Å². The lowest BCUT2D eigenvalue weighted by atomic mass is 9.95. The molecule has 0 amide bonds. The number of benzene rings is 3. The third-order valence-electron chi connectivity index (χ3n) is 6.52. The molecule has 0 bridgehead atoms. The molecule has 0 aliphatic carbocycles. The Bertz CT molecular complexity index is 1390. The fraction of sp³-hybridized carbons (Fsp3) is 0.343. The van der Waals surface area contributed by atoms with E-state index < -0.39 is 11.8 Å². The quantitative estimate of drug-likeness (QED) is 0.151. The molecular weight excluding hydrogens is 589 g/mol. The maximum atomic E-state index is 12.7. The van der Waals surface area contributed by atoms with Gasteiger partial charge in [0.15, 0.2) is 17.3 Å². The fourth-order valence-corrected chi connectivity index (χ4v) is 3.81. The molecule has 0 spiro atoms. The summed E-state index contributed by atoms with van der Waals surface area (Å²) in [5, 5.41) is 8.49. The number of carboxylic acid groups (broad SMARTS) is 1. The van der Waals surface area contributed by atoms with Crippen LogP contribution in [0.1, 0.15) is 90.9 Å². The summed E-state index contributed by atoms with van der Waals surface area (Å²) in [7, 11) is 0. The summed E-state index contributed by atoms with van der Waals surface area (Å²) in [6.07, 6.45) is 1.39. The van der Waals surface area contributed by atoms with Crippen LogP contribution in [0.4, 0.5) is 13.2 Å². The highest BCUT2D eigenvalue weighted by atomic mass is 19.1. The van der Waals surface area contributed by atoms with Crippen LogP contribution in [-0.2, 0) is 14.3 Å². The monoisotopic (exact) mass is 628 g/mol. The van der Waals surface area contributed by atoms with E-state index in [4.69, 9.17) is 9.84 Å². The molecule has 0 saturated heterocycles. The average Bonchev–Trinajstić information content (AvgIpc) is 3.03. The Hall–Kier alpha value is -4.60. The summed E-state index contributed by atoms with van der Waals surface area (Å²) in [6.45, 7) is 7.30. The standard InChI is InChI=1S/C14H17FO3.C12H13FO3.C9H9FO/c1-3-18-13(16)9-4-10(2)14(17)11-5-7-12(15)8-6-11;1-8(2-7-11(14)15)12(16)9-3-5-10(13)6-4-9;1-2-9(11)7-3-5-8(10)6-4-7/h5-8,10H,3-4,9H2,1-2H3;3-6,8H,2,7H2,1H3,(H,14,15);3-6H,2H2,1H3. The van der Waals surface area contributed by atoms with Gasteiger partial charge in [-0.05, 0) is 92.6 Å². The smallest absolute Gasteiger partial charge is 0.305 e.